The van der Waals surface area contributed by atoms with E-state index in [4.69, 9.17) is 4.74 Å². The van der Waals surface area contributed by atoms with Gasteiger partial charge >= 0.3 is 0 Å². The molecule has 2 aliphatic rings. The molecule has 1 unspecified atom stereocenters. The average molecular weight is 329 g/mol. The van der Waals surface area contributed by atoms with E-state index in [1.165, 1.54) is 43.2 Å². The highest BCUT2D eigenvalue weighted by molar-refractivity contribution is 7.99. The Balaban J connectivity index is 1.67. The number of rotatable bonds is 5. The van der Waals surface area contributed by atoms with Gasteiger partial charge in [-0.25, -0.2) is 0 Å². The van der Waals surface area contributed by atoms with Crippen molar-refractivity contribution in [1.29, 1.82) is 0 Å². The molecule has 0 radical (unpaired) electrons. The highest BCUT2D eigenvalue weighted by atomic mass is 32.2. The number of hydrogen-bond acceptors (Lipinski definition) is 4. The number of benzene rings is 1. The SMILES string of the molecule is Cc1ccc(-c2nnc(SCC3CO3)n2C2CCCCC2)cc1. The largest absolute Gasteiger partial charge is 0.372 e. The maximum absolute atomic E-state index is 5.34. The first-order valence-electron chi connectivity index (χ1n) is 8.57. The van der Waals surface area contributed by atoms with E-state index < -0.39 is 0 Å². The molecular formula is C18H23N3OS. The predicted molar refractivity (Wildman–Crippen MR) is 92.8 cm³/mol. The van der Waals surface area contributed by atoms with Gasteiger partial charge in [0.15, 0.2) is 11.0 Å². The van der Waals surface area contributed by atoms with Gasteiger partial charge in [-0.2, -0.15) is 0 Å². The summed E-state index contributed by atoms with van der Waals surface area (Å²) in [6, 6.07) is 9.17. The van der Waals surface area contributed by atoms with Crippen LogP contribution >= 0.6 is 11.8 Å². The fraction of sp³-hybridized carbons (Fsp3) is 0.556. The second-order valence-electron chi connectivity index (χ2n) is 6.60. The van der Waals surface area contributed by atoms with Gasteiger partial charge in [-0.05, 0) is 19.8 Å². The van der Waals surface area contributed by atoms with E-state index in [9.17, 15) is 0 Å². The minimum Gasteiger partial charge on any atom is -0.372 e. The summed E-state index contributed by atoms with van der Waals surface area (Å²) in [5.74, 6) is 2.01. The van der Waals surface area contributed by atoms with E-state index in [1.54, 1.807) is 11.8 Å². The summed E-state index contributed by atoms with van der Waals surface area (Å²) < 4.78 is 7.74. The van der Waals surface area contributed by atoms with Crippen LogP contribution in [0.25, 0.3) is 11.4 Å². The molecule has 1 aromatic carbocycles. The quantitative estimate of drug-likeness (QED) is 0.607. The molecule has 1 saturated heterocycles. The topological polar surface area (TPSA) is 43.2 Å². The zero-order valence-corrected chi connectivity index (χ0v) is 14.4. The third kappa shape index (κ3) is 3.45. The molecule has 1 aromatic heterocycles. The molecule has 122 valence electrons. The van der Waals surface area contributed by atoms with E-state index in [2.05, 4.69) is 46.0 Å². The van der Waals surface area contributed by atoms with E-state index >= 15 is 0 Å². The lowest BCUT2D eigenvalue weighted by Crippen LogP contribution is -2.15. The Morgan fingerprint density at radius 1 is 1.13 bits per heavy atom. The number of aromatic nitrogens is 3. The summed E-state index contributed by atoms with van der Waals surface area (Å²) in [5.41, 5.74) is 2.45. The van der Waals surface area contributed by atoms with Crippen LogP contribution in [0.3, 0.4) is 0 Å². The van der Waals surface area contributed by atoms with Crippen LogP contribution in [0, 0.1) is 6.92 Å². The highest BCUT2D eigenvalue weighted by Gasteiger charge is 2.27. The molecule has 4 rings (SSSR count). The normalized spacial score (nSPS) is 21.5. The molecule has 0 bridgehead atoms. The lowest BCUT2D eigenvalue weighted by atomic mass is 9.95. The lowest BCUT2D eigenvalue weighted by molar-refractivity contribution is 0.339. The highest BCUT2D eigenvalue weighted by Crippen LogP contribution is 2.36. The molecule has 0 N–H and O–H groups in total. The third-order valence-electron chi connectivity index (χ3n) is 4.71. The maximum Gasteiger partial charge on any atom is 0.191 e. The van der Waals surface area contributed by atoms with Crippen LogP contribution in [-0.2, 0) is 4.74 Å². The Labute approximate surface area is 141 Å². The molecule has 2 heterocycles. The van der Waals surface area contributed by atoms with E-state index in [1.807, 2.05) is 0 Å². The Morgan fingerprint density at radius 3 is 2.57 bits per heavy atom. The van der Waals surface area contributed by atoms with Crippen molar-refractivity contribution in [3.8, 4) is 11.4 Å². The first kappa shape index (κ1) is 15.2. The number of nitrogens with zero attached hydrogens (tertiary/aromatic N) is 3. The van der Waals surface area contributed by atoms with Crippen molar-refractivity contribution in [1.82, 2.24) is 14.8 Å². The monoisotopic (exact) mass is 329 g/mol. The van der Waals surface area contributed by atoms with Crippen LogP contribution in [0.1, 0.15) is 43.7 Å². The first-order valence-corrected chi connectivity index (χ1v) is 9.56. The molecule has 0 spiro atoms. The molecule has 1 saturated carbocycles. The molecular weight excluding hydrogens is 306 g/mol. The zero-order chi connectivity index (χ0) is 15.6. The summed E-state index contributed by atoms with van der Waals surface area (Å²) in [4.78, 5) is 0. The number of hydrogen-bond donors (Lipinski definition) is 0. The Kier molecular flexibility index (Phi) is 4.40. The zero-order valence-electron chi connectivity index (χ0n) is 13.6. The van der Waals surface area contributed by atoms with Crippen molar-refractivity contribution >= 4 is 11.8 Å². The molecule has 23 heavy (non-hydrogen) atoms. The Bertz CT molecular complexity index is 657. The molecule has 2 fully saturated rings. The fourth-order valence-electron chi connectivity index (χ4n) is 3.28. The van der Waals surface area contributed by atoms with Gasteiger partial charge in [0.1, 0.15) is 0 Å². The van der Waals surface area contributed by atoms with Gasteiger partial charge in [-0.3, -0.25) is 4.57 Å². The maximum atomic E-state index is 5.34. The Hall–Kier alpha value is -1.33. The molecule has 5 heteroatoms. The second kappa shape index (κ2) is 6.65. The minimum absolute atomic E-state index is 0.416. The molecule has 2 aromatic rings. The molecule has 1 aliphatic carbocycles. The summed E-state index contributed by atoms with van der Waals surface area (Å²) in [6.07, 6.45) is 6.88. The van der Waals surface area contributed by atoms with E-state index in [-0.39, 0.29) is 0 Å². The van der Waals surface area contributed by atoms with Crippen molar-refractivity contribution in [2.75, 3.05) is 12.4 Å². The van der Waals surface area contributed by atoms with Crippen LogP contribution in [-0.4, -0.2) is 33.2 Å². The van der Waals surface area contributed by atoms with Crippen molar-refractivity contribution in [3.05, 3.63) is 29.8 Å². The minimum atomic E-state index is 0.416. The lowest BCUT2D eigenvalue weighted by Gasteiger charge is -2.25. The second-order valence-corrected chi connectivity index (χ2v) is 7.59. The summed E-state index contributed by atoms with van der Waals surface area (Å²) in [5, 5.41) is 10.1. The first-order chi connectivity index (χ1) is 11.3. The van der Waals surface area contributed by atoms with Gasteiger partial charge in [0.05, 0.1) is 12.7 Å². The smallest absolute Gasteiger partial charge is 0.191 e. The fourth-order valence-corrected chi connectivity index (χ4v) is 4.28. The van der Waals surface area contributed by atoms with Crippen LogP contribution in [0.15, 0.2) is 29.4 Å². The van der Waals surface area contributed by atoms with Crippen LogP contribution in [0.5, 0.6) is 0 Å². The van der Waals surface area contributed by atoms with Gasteiger partial charge in [0.25, 0.3) is 0 Å². The third-order valence-corrected chi connectivity index (χ3v) is 5.79. The number of thioether (sulfide) groups is 1. The van der Waals surface area contributed by atoms with Crippen LogP contribution < -0.4 is 0 Å². The standard InChI is InChI=1S/C18H23N3OS/c1-13-7-9-14(10-8-13)17-19-20-18(23-12-16-11-22-16)21(17)15-5-3-2-4-6-15/h7-10,15-16H,2-6,11-12H2,1H3. The van der Waals surface area contributed by atoms with Crippen molar-refractivity contribution in [2.24, 2.45) is 0 Å². The van der Waals surface area contributed by atoms with Gasteiger partial charge in [0, 0.05) is 17.4 Å². The number of epoxide rings is 1. The number of aryl methyl sites for hydroxylation is 1. The van der Waals surface area contributed by atoms with Gasteiger partial charge in [0.2, 0.25) is 0 Å². The molecule has 4 nitrogen and oxygen atoms in total. The average Bonchev–Trinajstić information content (AvgIpc) is 3.33. The molecule has 1 atom stereocenters. The van der Waals surface area contributed by atoms with E-state index in [0.29, 0.717) is 12.1 Å². The van der Waals surface area contributed by atoms with E-state index in [0.717, 1.165) is 23.3 Å². The van der Waals surface area contributed by atoms with Crippen molar-refractivity contribution in [3.63, 3.8) is 0 Å². The number of ether oxygens (including phenoxy) is 1. The van der Waals surface area contributed by atoms with Gasteiger partial charge in [-0.1, -0.05) is 60.9 Å². The Morgan fingerprint density at radius 2 is 1.87 bits per heavy atom. The van der Waals surface area contributed by atoms with Gasteiger partial charge < -0.3 is 4.74 Å². The van der Waals surface area contributed by atoms with Crippen molar-refractivity contribution < 1.29 is 4.74 Å². The summed E-state index contributed by atoms with van der Waals surface area (Å²) >= 11 is 1.79. The molecule has 1 aliphatic heterocycles. The molecule has 0 amide bonds. The predicted octanol–water partition coefficient (Wildman–Crippen LogP) is 4.25. The van der Waals surface area contributed by atoms with Crippen LogP contribution in [0.2, 0.25) is 0 Å². The summed E-state index contributed by atoms with van der Waals surface area (Å²) in [6.45, 7) is 3.02. The van der Waals surface area contributed by atoms with Crippen molar-refractivity contribution in [2.45, 2.75) is 56.3 Å². The van der Waals surface area contributed by atoms with Gasteiger partial charge in [-0.15, -0.1) is 10.2 Å². The van der Waals surface area contributed by atoms with Crippen LogP contribution in [0.4, 0.5) is 0 Å². The summed E-state index contributed by atoms with van der Waals surface area (Å²) in [7, 11) is 0.